The third-order valence-corrected chi connectivity index (χ3v) is 2.37. The lowest BCUT2D eigenvalue weighted by atomic mass is 10.3. The number of benzene rings is 1. The number of amidine groups is 1. The van der Waals surface area contributed by atoms with Crippen LogP contribution in [0.1, 0.15) is 13.3 Å². The zero-order chi connectivity index (χ0) is 9.84. The first-order valence-corrected chi connectivity index (χ1v) is 4.67. The molecule has 2 nitrogen and oxygen atoms in total. The number of rotatable bonds is 2. The van der Waals surface area contributed by atoms with Gasteiger partial charge in [0.1, 0.15) is 0 Å². The largest absolute Gasteiger partial charge is 0.387 e. The van der Waals surface area contributed by atoms with Gasteiger partial charge in [-0.15, -0.1) is 0 Å². The molecular formula is C9H10Cl2N2. The fourth-order valence-electron chi connectivity index (χ4n) is 0.813. The first-order chi connectivity index (χ1) is 6.15. The van der Waals surface area contributed by atoms with Gasteiger partial charge in [0.15, 0.2) is 0 Å². The summed E-state index contributed by atoms with van der Waals surface area (Å²) in [6, 6.07) is 5.28. The Bertz CT molecular complexity index is 334. The summed E-state index contributed by atoms with van der Waals surface area (Å²) in [6.45, 7) is 1.93. The highest BCUT2D eigenvalue weighted by Crippen LogP contribution is 2.31. The van der Waals surface area contributed by atoms with Gasteiger partial charge in [-0.2, -0.15) is 0 Å². The minimum absolute atomic E-state index is 0.445. The molecule has 0 aliphatic heterocycles. The van der Waals surface area contributed by atoms with E-state index in [1.54, 1.807) is 18.2 Å². The van der Waals surface area contributed by atoms with E-state index >= 15 is 0 Å². The molecule has 13 heavy (non-hydrogen) atoms. The van der Waals surface area contributed by atoms with Crippen LogP contribution >= 0.6 is 23.2 Å². The van der Waals surface area contributed by atoms with Crippen molar-refractivity contribution in [2.75, 3.05) is 0 Å². The topological polar surface area (TPSA) is 38.4 Å². The summed E-state index contributed by atoms with van der Waals surface area (Å²) in [5.74, 6) is 0.546. The number of hydrogen-bond donors (Lipinski definition) is 1. The maximum atomic E-state index is 5.90. The van der Waals surface area contributed by atoms with E-state index in [0.717, 1.165) is 0 Å². The molecule has 1 aromatic carbocycles. The van der Waals surface area contributed by atoms with E-state index in [9.17, 15) is 0 Å². The average Bonchev–Trinajstić information content (AvgIpc) is 2.13. The second-order valence-corrected chi connectivity index (χ2v) is 3.31. The van der Waals surface area contributed by atoms with E-state index < -0.39 is 0 Å². The molecule has 0 aliphatic rings. The predicted molar refractivity (Wildman–Crippen MR) is 58.0 cm³/mol. The molecule has 0 heterocycles. The minimum Gasteiger partial charge on any atom is -0.387 e. The fraction of sp³-hybridized carbons (Fsp3) is 0.222. The Hall–Kier alpha value is -0.730. The Morgan fingerprint density at radius 3 is 2.77 bits per heavy atom. The second kappa shape index (κ2) is 4.49. The minimum atomic E-state index is 0.445. The van der Waals surface area contributed by atoms with E-state index in [-0.39, 0.29) is 0 Å². The molecule has 0 saturated carbocycles. The molecule has 0 bridgehead atoms. The molecule has 0 spiro atoms. The third-order valence-electron chi connectivity index (χ3n) is 1.56. The predicted octanol–water partition coefficient (Wildman–Crippen LogP) is 3.39. The van der Waals surface area contributed by atoms with Crippen molar-refractivity contribution < 1.29 is 0 Å². The summed E-state index contributed by atoms with van der Waals surface area (Å²) in [6.07, 6.45) is 0.697. The van der Waals surface area contributed by atoms with Crippen LogP contribution < -0.4 is 5.73 Å². The molecule has 0 fully saturated rings. The Kier molecular flexibility index (Phi) is 3.58. The Morgan fingerprint density at radius 2 is 2.15 bits per heavy atom. The maximum Gasteiger partial charge on any atom is 0.0994 e. The van der Waals surface area contributed by atoms with Gasteiger partial charge < -0.3 is 5.73 Å². The molecule has 0 amide bonds. The molecule has 0 unspecified atom stereocenters. The number of nitrogens with two attached hydrogens (primary N) is 1. The van der Waals surface area contributed by atoms with Gasteiger partial charge >= 0.3 is 0 Å². The van der Waals surface area contributed by atoms with E-state index in [0.29, 0.717) is 28.0 Å². The van der Waals surface area contributed by atoms with Crippen molar-refractivity contribution in [3.63, 3.8) is 0 Å². The zero-order valence-corrected chi connectivity index (χ0v) is 8.73. The number of aliphatic imine (C=N–C) groups is 1. The van der Waals surface area contributed by atoms with Gasteiger partial charge in [-0.05, 0) is 12.1 Å². The van der Waals surface area contributed by atoms with Crippen LogP contribution in [0.25, 0.3) is 0 Å². The van der Waals surface area contributed by atoms with Crippen LogP contribution in [0.5, 0.6) is 0 Å². The van der Waals surface area contributed by atoms with Crippen LogP contribution in [0.15, 0.2) is 23.2 Å². The van der Waals surface area contributed by atoms with Crippen LogP contribution in [-0.2, 0) is 0 Å². The highest BCUT2D eigenvalue weighted by atomic mass is 35.5. The van der Waals surface area contributed by atoms with Crippen LogP contribution in [0.2, 0.25) is 10.0 Å². The van der Waals surface area contributed by atoms with Gasteiger partial charge in [-0.25, -0.2) is 4.99 Å². The van der Waals surface area contributed by atoms with Crippen molar-refractivity contribution >= 4 is 34.7 Å². The Morgan fingerprint density at radius 1 is 1.46 bits per heavy atom. The van der Waals surface area contributed by atoms with Crippen LogP contribution in [0, 0.1) is 0 Å². The SMILES string of the molecule is CCC(N)=Nc1cccc(Cl)c1Cl. The standard InChI is InChI=1S/C9H10Cl2N2/c1-2-8(12)13-7-5-3-4-6(10)9(7)11/h3-5H,2H2,1H3,(H2,12,13). The van der Waals surface area contributed by atoms with Crippen LogP contribution in [0.3, 0.4) is 0 Å². The molecule has 4 heteroatoms. The van der Waals surface area contributed by atoms with Crippen molar-refractivity contribution in [3.8, 4) is 0 Å². The molecule has 1 aromatic rings. The number of halogens is 2. The van der Waals surface area contributed by atoms with Crippen molar-refractivity contribution in [2.24, 2.45) is 10.7 Å². The van der Waals surface area contributed by atoms with Gasteiger partial charge in [-0.3, -0.25) is 0 Å². The molecule has 70 valence electrons. The molecule has 0 atom stereocenters. The lowest BCUT2D eigenvalue weighted by Crippen LogP contribution is -2.08. The summed E-state index contributed by atoms with van der Waals surface area (Å²) in [4.78, 5) is 4.12. The second-order valence-electron chi connectivity index (χ2n) is 2.53. The number of hydrogen-bond acceptors (Lipinski definition) is 1. The van der Waals surface area contributed by atoms with Gasteiger partial charge in [0.2, 0.25) is 0 Å². The molecule has 2 N–H and O–H groups in total. The molecule has 1 rings (SSSR count). The van der Waals surface area contributed by atoms with Crippen LogP contribution in [-0.4, -0.2) is 5.84 Å². The fourth-order valence-corrected chi connectivity index (χ4v) is 1.15. The summed E-state index contributed by atoms with van der Waals surface area (Å²) in [5.41, 5.74) is 6.19. The van der Waals surface area contributed by atoms with E-state index in [2.05, 4.69) is 4.99 Å². The van der Waals surface area contributed by atoms with Gasteiger partial charge in [0, 0.05) is 6.42 Å². The van der Waals surface area contributed by atoms with E-state index in [1.165, 1.54) is 0 Å². The summed E-state index contributed by atoms with van der Waals surface area (Å²) < 4.78 is 0. The Balaban J connectivity index is 3.09. The van der Waals surface area contributed by atoms with Crippen molar-refractivity contribution in [2.45, 2.75) is 13.3 Å². The maximum absolute atomic E-state index is 5.90. The summed E-state index contributed by atoms with van der Waals surface area (Å²) in [5, 5.41) is 0.937. The lowest BCUT2D eigenvalue weighted by molar-refractivity contribution is 1.24. The molecule has 0 saturated heterocycles. The first-order valence-electron chi connectivity index (χ1n) is 3.92. The van der Waals surface area contributed by atoms with E-state index in [4.69, 9.17) is 28.9 Å². The van der Waals surface area contributed by atoms with Gasteiger partial charge in [0.05, 0.1) is 21.6 Å². The molecule has 0 aromatic heterocycles. The quantitative estimate of drug-likeness (QED) is 0.598. The highest BCUT2D eigenvalue weighted by Gasteiger charge is 2.02. The van der Waals surface area contributed by atoms with Crippen molar-refractivity contribution in [1.29, 1.82) is 0 Å². The lowest BCUT2D eigenvalue weighted by Gasteiger charge is -2.01. The average molecular weight is 217 g/mol. The van der Waals surface area contributed by atoms with Gasteiger partial charge in [0.25, 0.3) is 0 Å². The van der Waals surface area contributed by atoms with Crippen molar-refractivity contribution in [1.82, 2.24) is 0 Å². The van der Waals surface area contributed by atoms with Crippen LogP contribution in [0.4, 0.5) is 5.69 Å². The monoisotopic (exact) mass is 216 g/mol. The smallest absolute Gasteiger partial charge is 0.0994 e. The molecular weight excluding hydrogens is 207 g/mol. The van der Waals surface area contributed by atoms with Gasteiger partial charge in [-0.1, -0.05) is 36.2 Å². The Labute approximate surface area is 87.4 Å². The van der Waals surface area contributed by atoms with Crippen molar-refractivity contribution in [3.05, 3.63) is 28.2 Å². The summed E-state index contributed by atoms with van der Waals surface area (Å²) in [7, 11) is 0. The first kappa shape index (κ1) is 10.4. The zero-order valence-electron chi connectivity index (χ0n) is 7.22. The molecule has 0 radical (unpaired) electrons. The third kappa shape index (κ3) is 2.61. The molecule has 0 aliphatic carbocycles. The number of nitrogens with zero attached hydrogens (tertiary/aromatic N) is 1. The highest BCUT2D eigenvalue weighted by molar-refractivity contribution is 6.43. The van der Waals surface area contributed by atoms with E-state index in [1.807, 2.05) is 6.92 Å². The summed E-state index contributed by atoms with van der Waals surface area (Å²) >= 11 is 11.7. The normalized spacial score (nSPS) is 11.8.